The number of hydrogen-bond acceptors (Lipinski definition) is 7. The Bertz CT molecular complexity index is 984. The first-order chi connectivity index (χ1) is 26.1. The number of carbonyl (C=O) groups excluding carboxylic acids is 3. The minimum atomic E-state index is -1.13. The van der Waals surface area contributed by atoms with Crippen molar-refractivity contribution in [2.24, 2.45) is 0 Å². The minimum Gasteiger partial charge on any atom is -0.544 e. The van der Waals surface area contributed by atoms with Gasteiger partial charge >= 0.3 is 11.9 Å². The van der Waals surface area contributed by atoms with Gasteiger partial charge in [-0.2, -0.15) is 0 Å². The zero-order valence-corrected chi connectivity index (χ0v) is 35.6. The number of nitrogens with zero attached hydrogens (tertiary/aromatic N) is 1. The van der Waals surface area contributed by atoms with Crippen molar-refractivity contribution in [2.75, 3.05) is 41.0 Å². The van der Waals surface area contributed by atoms with Gasteiger partial charge in [0.15, 0.2) is 6.10 Å². The Morgan fingerprint density at radius 1 is 0.556 bits per heavy atom. The summed E-state index contributed by atoms with van der Waals surface area (Å²) in [6, 6.07) is -0.734. The molecular weight excluding hydrogens is 679 g/mol. The Balaban J connectivity index is 4.39. The first kappa shape index (κ1) is 51.5. The molecule has 0 heterocycles. The summed E-state index contributed by atoms with van der Waals surface area (Å²) in [5.41, 5.74) is 0. The molecule has 0 aliphatic carbocycles. The lowest BCUT2D eigenvalue weighted by molar-refractivity contribution is -0.889. The number of likely N-dealkylation sites (N-methyl/N-ethyl adjacent to an activating group) is 1. The number of carboxylic acid groups (broad SMARTS) is 1. The van der Waals surface area contributed by atoms with Gasteiger partial charge in [0.2, 0.25) is 0 Å². The van der Waals surface area contributed by atoms with E-state index in [1.165, 1.54) is 116 Å². The van der Waals surface area contributed by atoms with Crippen molar-refractivity contribution >= 4 is 17.9 Å². The standard InChI is InChI=1S/C46H83NO7/c1-6-8-10-12-14-16-18-20-21-22-23-25-26-28-30-32-34-36-44(48)53-41-42(40-52-39-38-43(46(50)51)47(3,4)5)54-45(49)37-35-33-31-29-27-24-19-17-15-13-11-9-7-2/h20-21,24,27,31,33,42-43H,6-19,22-23,25-26,28-30,32,34-41H2,1-5H3/b21-20+,27-24+,33-31+. The highest BCUT2D eigenvalue weighted by atomic mass is 16.6. The number of unbranched alkanes of at least 4 members (excludes halogenated alkanes) is 19. The summed E-state index contributed by atoms with van der Waals surface area (Å²) in [7, 11) is 5.39. The molecule has 0 aromatic rings. The lowest BCUT2D eigenvalue weighted by Gasteiger charge is -2.34. The van der Waals surface area contributed by atoms with E-state index >= 15 is 0 Å². The molecule has 54 heavy (non-hydrogen) atoms. The molecule has 0 N–H and O–H groups in total. The van der Waals surface area contributed by atoms with Gasteiger partial charge in [-0.1, -0.05) is 147 Å². The first-order valence-corrected chi connectivity index (χ1v) is 22.0. The van der Waals surface area contributed by atoms with E-state index in [0.717, 1.165) is 32.1 Å². The van der Waals surface area contributed by atoms with Crippen molar-refractivity contribution in [3.05, 3.63) is 36.5 Å². The number of esters is 2. The van der Waals surface area contributed by atoms with E-state index in [2.05, 4.69) is 44.2 Å². The second-order valence-electron chi connectivity index (χ2n) is 15.9. The third-order valence-electron chi connectivity index (χ3n) is 9.76. The van der Waals surface area contributed by atoms with Crippen LogP contribution in [0, 0.1) is 0 Å². The Kier molecular flexibility index (Phi) is 35.8. The Hall–Kier alpha value is -2.45. The largest absolute Gasteiger partial charge is 0.544 e. The van der Waals surface area contributed by atoms with Gasteiger partial charge in [0.25, 0.3) is 0 Å². The summed E-state index contributed by atoms with van der Waals surface area (Å²) >= 11 is 0. The molecule has 0 amide bonds. The molecular formula is C46H83NO7. The number of rotatable bonds is 39. The fourth-order valence-corrected chi connectivity index (χ4v) is 6.29. The monoisotopic (exact) mass is 762 g/mol. The number of ether oxygens (including phenoxy) is 3. The Labute approximate surface area is 332 Å². The molecule has 0 radical (unpaired) electrons. The van der Waals surface area contributed by atoms with Gasteiger partial charge in [-0.3, -0.25) is 9.59 Å². The molecule has 0 rings (SSSR count). The summed E-state index contributed by atoms with van der Waals surface area (Å²) < 4.78 is 17.1. The average Bonchev–Trinajstić information content (AvgIpc) is 3.12. The summed E-state index contributed by atoms with van der Waals surface area (Å²) in [4.78, 5) is 36.8. The normalized spacial score (nSPS) is 13.3. The molecule has 0 spiro atoms. The van der Waals surface area contributed by atoms with E-state index in [-0.39, 0.29) is 49.1 Å². The van der Waals surface area contributed by atoms with Crippen LogP contribution in [0.25, 0.3) is 0 Å². The topological polar surface area (TPSA) is 102 Å². The fraction of sp³-hybridized carbons (Fsp3) is 0.804. The quantitative estimate of drug-likeness (QED) is 0.0266. The van der Waals surface area contributed by atoms with Crippen LogP contribution < -0.4 is 5.11 Å². The van der Waals surface area contributed by atoms with Gasteiger partial charge in [0.1, 0.15) is 12.6 Å². The predicted octanol–water partition coefficient (Wildman–Crippen LogP) is 10.5. The summed E-state index contributed by atoms with van der Waals surface area (Å²) in [5, 5.41) is 11.6. The minimum absolute atomic E-state index is 0.0179. The lowest BCUT2D eigenvalue weighted by Crippen LogP contribution is -2.55. The molecule has 0 saturated carbocycles. The number of allylic oxidation sites excluding steroid dienone is 6. The summed E-state index contributed by atoms with van der Waals surface area (Å²) in [6.07, 6.45) is 41.8. The summed E-state index contributed by atoms with van der Waals surface area (Å²) in [5.74, 6) is -1.82. The summed E-state index contributed by atoms with van der Waals surface area (Å²) in [6.45, 7) is 4.58. The smallest absolute Gasteiger partial charge is 0.306 e. The molecule has 314 valence electrons. The second-order valence-corrected chi connectivity index (χ2v) is 15.9. The van der Waals surface area contributed by atoms with Crippen molar-refractivity contribution in [1.82, 2.24) is 0 Å². The number of hydrogen-bond donors (Lipinski definition) is 0. The Morgan fingerprint density at radius 3 is 1.52 bits per heavy atom. The molecule has 0 fully saturated rings. The van der Waals surface area contributed by atoms with E-state index in [1.54, 1.807) is 21.1 Å². The molecule has 0 aliphatic rings. The van der Waals surface area contributed by atoms with Crippen molar-refractivity contribution in [3.8, 4) is 0 Å². The molecule has 0 saturated heterocycles. The van der Waals surface area contributed by atoms with Crippen LogP contribution in [0.4, 0.5) is 0 Å². The van der Waals surface area contributed by atoms with Crippen molar-refractivity contribution in [2.45, 2.75) is 199 Å². The van der Waals surface area contributed by atoms with Crippen LogP contribution in [0.3, 0.4) is 0 Å². The predicted molar refractivity (Wildman–Crippen MR) is 222 cm³/mol. The highest BCUT2D eigenvalue weighted by Crippen LogP contribution is 2.13. The zero-order valence-electron chi connectivity index (χ0n) is 35.6. The lowest BCUT2D eigenvalue weighted by atomic mass is 10.1. The Morgan fingerprint density at radius 2 is 1.02 bits per heavy atom. The number of carboxylic acids is 1. The van der Waals surface area contributed by atoms with Crippen molar-refractivity contribution in [1.29, 1.82) is 0 Å². The van der Waals surface area contributed by atoms with Crippen LogP contribution in [-0.4, -0.2) is 75.5 Å². The van der Waals surface area contributed by atoms with Crippen LogP contribution in [0.1, 0.15) is 187 Å². The maximum absolute atomic E-state index is 12.6. The number of carbonyl (C=O) groups is 3. The van der Waals surface area contributed by atoms with E-state index in [1.807, 2.05) is 6.08 Å². The molecule has 8 nitrogen and oxygen atoms in total. The van der Waals surface area contributed by atoms with Crippen LogP contribution >= 0.6 is 0 Å². The van der Waals surface area contributed by atoms with Gasteiger partial charge in [-0.25, -0.2) is 0 Å². The van der Waals surface area contributed by atoms with Crippen LogP contribution in [0.2, 0.25) is 0 Å². The van der Waals surface area contributed by atoms with E-state index in [0.29, 0.717) is 12.8 Å². The highest BCUT2D eigenvalue weighted by molar-refractivity contribution is 5.70. The SMILES string of the molecule is CCCCCCCC/C=C/C/C=C/CCC(=O)OC(COCCC(C(=O)[O-])[N+](C)(C)C)COC(=O)CCCCCCCCC/C=C/CCCCCCCC. The number of quaternary nitrogens is 1. The van der Waals surface area contributed by atoms with Crippen LogP contribution in [0.15, 0.2) is 36.5 Å². The van der Waals surface area contributed by atoms with Gasteiger partial charge in [-0.15, -0.1) is 0 Å². The maximum atomic E-state index is 12.6. The van der Waals surface area contributed by atoms with Crippen molar-refractivity contribution < 1.29 is 38.2 Å². The molecule has 8 heteroatoms. The van der Waals surface area contributed by atoms with Crippen molar-refractivity contribution in [3.63, 3.8) is 0 Å². The first-order valence-electron chi connectivity index (χ1n) is 22.0. The maximum Gasteiger partial charge on any atom is 0.306 e. The van der Waals surface area contributed by atoms with Gasteiger partial charge in [0.05, 0.1) is 40.3 Å². The van der Waals surface area contributed by atoms with Gasteiger partial charge in [-0.05, 0) is 57.8 Å². The van der Waals surface area contributed by atoms with Crippen LogP contribution in [0.5, 0.6) is 0 Å². The molecule has 0 aromatic carbocycles. The van der Waals surface area contributed by atoms with Gasteiger partial charge in [0, 0.05) is 19.3 Å². The van der Waals surface area contributed by atoms with Gasteiger partial charge < -0.3 is 28.6 Å². The van der Waals surface area contributed by atoms with E-state index in [4.69, 9.17) is 14.2 Å². The molecule has 0 bridgehead atoms. The third-order valence-corrected chi connectivity index (χ3v) is 9.76. The van der Waals surface area contributed by atoms with E-state index < -0.39 is 18.1 Å². The number of aliphatic carboxylic acids is 1. The molecule has 2 atom stereocenters. The highest BCUT2D eigenvalue weighted by Gasteiger charge is 2.25. The van der Waals surface area contributed by atoms with Crippen LogP contribution in [-0.2, 0) is 28.6 Å². The molecule has 2 unspecified atom stereocenters. The average molecular weight is 762 g/mol. The fourth-order valence-electron chi connectivity index (χ4n) is 6.29. The molecule has 0 aromatic heterocycles. The molecule has 0 aliphatic heterocycles. The second kappa shape index (κ2) is 37.5. The zero-order chi connectivity index (χ0) is 40.0. The third kappa shape index (κ3) is 35.3. The van der Waals surface area contributed by atoms with E-state index in [9.17, 15) is 19.5 Å².